The summed E-state index contributed by atoms with van der Waals surface area (Å²) in [6, 6.07) is 0. The summed E-state index contributed by atoms with van der Waals surface area (Å²) in [6.07, 6.45) is 2.11. The number of hydrogen-bond donors (Lipinski definition) is 0. The molecule has 0 aliphatic carbocycles. The molecule has 0 amide bonds. The van der Waals surface area contributed by atoms with Gasteiger partial charge in [0, 0.05) is 38.5 Å². The first-order valence-electron chi connectivity index (χ1n) is 7.34. The summed E-state index contributed by atoms with van der Waals surface area (Å²) in [6.45, 7) is 0. The lowest BCUT2D eigenvalue weighted by atomic mass is 10.2. The Morgan fingerprint density at radius 1 is 0.565 bits per heavy atom. The molecule has 0 radical (unpaired) electrons. The van der Waals surface area contributed by atoms with Crippen LogP contribution in [0.1, 0.15) is 57.8 Å². The third-order valence-electron chi connectivity index (χ3n) is 2.62. The molecule has 0 atom stereocenters. The number of ether oxygens (including phenoxy) is 2. The van der Waals surface area contributed by atoms with Crippen molar-refractivity contribution < 1.29 is 38.2 Å². The molecule has 23 heavy (non-hydrogen) atoms. The molecular formula is C15H20O8. The highest BCUT2D eigenvalue weighted by molar-refractivity contribution is 5.87. The van der Waals surface area contributed by atoms with Gasteiger partial charge in [-0.3, -0.25) is 19.2 Å². The maximum absolute atomic E-state index is 11.3. The van der Waals surface area contributed by atoms with Crippen molar-refractivity contribution in [2.24, 2.45) is 0 Å². The number of carbonyl (C=O) groups is 6. The Labute approximate surface area is 133 Å². The van der Waals surface area contributed by atoms with Crippen molar-refractivity contribution in [1.82, 2.24) is 0 Å². The molecule has 0 saturated carbocycles. The number of rotatable bonds is 12. The van der Waals surface area contributed by atoms with Crippen molar-refractivity contribution in [3.63, 3.8) is 0 Å². The van der Waals surface area contributed by atoms with Crippen LogP contribution in [-0.4, -0.2) is 36.4 Å². The van der Waals surface area contributed by atoms with Crippen LogP contribution in [0, 0.1) is 0 Å². The van der Waals surface area contributed by atoms with Crippen molar-refractivity contribution in [2.75, 3.05) is 0 Å². The highest BCUT2D eigenvalue weighted by atomic mass is 16.6. The van der Waals surface area contributed by atoms with Gasteiger partial charge in [0.1, 0.15) is 12.6 Å². The van der Waals surface area contributed by atoms with Crippen LogP contribution in [0.4, 0.5) is 0 Å². The van der Waals surface area contributed by atoms with Crippen LogP contribution < -0.4 is 0 Å². The second-order valence-corrected chi connectivity index (χ2v) is 4.66. The lowest BCUT2D eigenvalue weighted by molar-refractivity contribution is -0.159. The minimum atomic E-state index is -0.772. The molecule has 0 aliphatic rings. The number of unbranched alkanes of at least 4 members (excludes halogenated alkanes) is 2. The van der Waals surface area contributed by atoms with E-state index >= 15 is 0 Å². The normalized spacial score (nSPS) is 9.74. The molecule has 0 aromatic rings. The fourth-order valence-electron chi connectivity index (χ4n) is 1.49. The Bertz CT molecular complexity index is 401. The molecule has 8 nitrogen and oxygen atoms in total. The summed E-state index contributed by atoms with van der Waals surface area (Å²) >= 11 is 0. The van der Waals surface area contributed by atoms with E-state index in [2.05, 4.69) is 9.47 Å². The summed E-state index contributed by atoms with van der Waals surface area (Å²) in [5, 5.41) is 0. The van der Waals surface area contributed by atoms with E-state index in [-0.39, 0.29) is 44.9 Å². The standard InChI is InChI=1S/C15H20O8/c16-10-3-1-6-12(18)22-14(20)8-5-9-15(21)23-13(19)7-2-4-11-17/h10-11H,1-9H2. The molecular weight excluding hydrogens is 308 g/mol. The quantitative estimate of drug-likeness (QED) is 0.225. The minimum Gasteiger partial charge on any atom is -0.393 e. The number of aldehydes is 2. The van der Waals surface area contributed by atoms with Crippen molar-refractivity contribution in [2.45, 2.75) is 57.8 Å². The van der Waals surface area contributed by atoms with Crippen molar-refractivity contribution in [1.29, 1.82) is 0 Å². The van der Waals surface area contributed by atoms with E-state index in [1.807, 2.05) is 0 Å². The predicted molar refractivity (Wildman–Crippen MR) is 75.9 cm³/mol. The van der Waals surface area contributed by atoms with Gasteiger partial charge < -0.3 is 19.1 Å². The fraction of sp³-hybridized carbons (Fsp3) is 0.600. The Morgan fingerprint density at radius 3 is 1.17 bits per heavy atom. The fourth-order valence-corrected chi connectivity index (χ4v) is 1.49. The van der Waals surface area contributed by atoms with Gasteiger partial charge in [0.2, 0.25) is 0 Å². The van der Waals surface area contributed by atoms with E-state index in [0.29, 0.717) is 25.4 Å². The Hall–Kier alpha value is -2.38. The molecule has 0 fully saturated rings. The maximum atomic E-state index is 11.3. The van der Waals surface area contributed by atoms with Crippen LogP contribution in [0.3, 0.4) is 0 Å². The number of carbonyl (C=O) groups excluding carboxylic acids is 6. The molecule has 8 heteroatoms. The topological polar surface area (TPSA) is 121 Å². The Balaban J connectivity index is 3.75. The van der Waals surface area contributed by atoms with Crippen LogP contribution in [0.2, 0.25) is 0 Å². The summed E-state index contributed by atoms with van der Waals surface area (Å²) in [7, 11) is 0. The molecule has 128 valence electrons. The van der Waals surface area contributed by atoms with E-state index in [1.54, 1.807) is 0 Å². The SMILES string of the molecule is O=CCCCC(=O)OC(=O)CCCC(=O)OC(=O)CCCC=O. The second kappa shape index (κ2) is 13.3. The smallest absolute Gasteiger partial charge is 0.313 e. The van der Waals surface area contributed by atoms with Crippen molar-refractivity contribution >= 4 is 36.4 Å². The van der Waals surface area contributed by atoms with E-state index in [0.717, 1.165) is 0 Å². The van der Waals surface area contributed by atoms with Crippen molar-refractivity contribution in [3.05, 3.63) is 0 Å². The third kappa shape index (κ3) is 13.0. The summed E-state index contributed by atoms with van der Waals surface area (Å²) in [5.74, 6) is -2.98. The summed E-state index contributed by atoms with van der Waals surface area (Å²) in [5.41, 5.74) is 0. The van der Waals surface area contributed by atoms with Gasteiger partial charge in [0.15, 0.2) is 0 Å². The Kier molecular flexibility index (Phi) is 11.9. The lowest BCUT2D eigenvalue weighted by Gasteiger charge is -2.03. The Morgan fingerprint density at radius 2 is 0.870 bits per heavy atom. The number of esters is 4. The van der Waals surface area contributed by atoms with Gasteiger partial charge in [-0.15, -0.1) is 0 Å². The molecule has 0 aromatic heterocycles. The van der Waals surface area contributed by atoms with Crippen LogP contribution in [0.15, 0.2) is 0 Å². The zero-order chi connectivity index (χ0) is 17.5. The molecule has 0 heterocycles. The van der Waals surface area contributed by atoms with Crippen LogP contribution in [0.5, 0.6) is 0 Å². The highest BCUT2D eigenvalue weighted by Crippen LogP contribution is 2.04. The average Bonchev–Trinajstić information content (AvgIpc) is 2.47. The second-order valence-electron chi connectivity index (χ2n) is 4.66. The first-order valence-corrected chi connectivity index (χ1v) is 7.34. The highest BCUT2D eigenvalue weighted by Gasteiger charge is 2.13. The van der Waals surface area contributed by atoms with Gasteiger partial charge in [0.05, 0.1) is 0 Å². The molecule has 0 rings (SSSR count). The summed E-state index contributed by atoms with van der Waals surface area (Å²) in [4.78, 5) is 65.1. The molecule has 0 aromatic carbocycles. The molecule has 0 N–H and O–H groups in total. The average molecular weight is 328 g/mol. The van der Waals surface area contributed by atoms with Crippen LogP contribution in [-0.2, 0) is 38.2 Å². The van der Waals surface area contributed by atoms with Crippen LogP contribution >= 0.6 is 0 Å². The molecule has 0 unspecified atom stereocenters. The van der Waals surface area contributed by atoms with E-state index in [9.17, 15) is 28.8 Å². The monoisotopic (exact) mass is 328 g/mol. The van der Waals surface area contributed by atoms with Crippen LogP contribution in [0.25, 0.3) is 0 Å². The van der Waals surface area contributed by atoms with E-state index in [1.165, 1.54) is 0 Å². The molecule has 0 aliphatic heterocycles. The zero-order valence-electron chi connectivity index (χ0n) is 12.8. The maximum Gasteiger partial charge on any atom is 0.313 e. The number of hydrogen-bond acceptors (Lipinski definition) is 8. The van der Waals surface area contributed by atoms with Gasteiger partial charge in [-0.25, -0.2) is 0 Å². The molecule has 0 spiro atoms. The minimum absolute atomic E-state index is 0.0260. The van der Waals surface area contributed by atoms with Gasteiger partial charge in [-0.2, -0.15) is 0 Å². The molecule has 0 saturated heterocycles. The largest absolute Gasteiger partial charge is 0.393 e. The van der Waals surface area contributed by atoms with E-state index < -0.39 is 23.9 Å². The van der Waals surface area contributed by atoms with Gasteiger partial charge in [-0.1, -0.05) is 0 Å². The first kappa shape index (κ1) is 20.6. The zero-order valence-corrected chi connectivity index (χ0v) is 12.8. The first-order chi connectivity index (χ1) is 11.0. The molecule has 0 bridgehead atoms. The van der Waals surface area contributed by atoms with Crippen molar-refractivity contribution in [3.8, 4) is 0 Å². The lowest BCUT2D eigenvalue weighted by Crippen LogP contribution is -2.14. The van der Waals surface area contributed by atoms with E-state index in [4.69, 9.17) is 0 Å². The van der Waals surface area contributed by atoms with Gasteiger partial charge in [-0.05, 0) is 19.3 Å². The predicted octanol–water partition coefficient (Wildman–Crippen LogP) is 1.03. The summed E-state index contributed by atoms with van der Waals surface area (Å²) < 4.78 is 8.96. The third-order valence-corrected chi connectivity index (χ3v) is 2.62. The van der Waals surface area contributed by atoms with Gasteiger partial charge >= 0.3 is 23.9 Å². The van der Waals surface area contributed by atoms with Gasteiger partial charge in [0.25, 0.3) is 0 Å².